The third-order valence-electron chi connectivity index (χ3n) is 7.27. The maximum absolute atomic E-state index is 13.2. The zero-order valence-electron chi connectivity index (χ0n) is 21.2. The zero-order chi connectivity index (χ0) is 25.1. The van der Waals surface area contributed by atoms with Crippen LogP contribution in [0.5, 0.6) is 5.88 Å². The zero-order valence-corrected chi connectivity index (χ0v) is 21.2. The molecule has 35 heavy (non-hydrogen) atoms. The molecule has 1 fully saturated rings. The Hall–Kier alpha value is -3.41. The fourth-order valence-corrected chi connectivity index (χ4v) is 5.07. The van der Waals surface area contributed by atoms with Crippen LogP contribution >= 0.6 is 0 Å². The minimum Gasteiger partial charge on any atom is -0.493 e. The van der Waals surface area contributed by atoms with Crippen molar-refractivity contribution in [3.63, 3.8) is 0 Å². The Morgan fingerprint density at radius 1 is 1.03 bits per heavy atom. The van der Waals surface area contributed by atoms with Gasteiger partial charge >= 0.3 is 5.97 Å². The van der Waals surface area contributed by atoms with E-state index in [1.807, 2.05) is 50.2 Å². The number of nitrogens with zero attached hydrogens (tertiary/aromatic N) is 3. The molecule has 184 valence electrons. The van der Waals surface area contributed by atoms with E-state index in [0.717, 1.165) is 29.8 Å². The van der Waals surface area contributed by atoms with Crippen molar-refractivity contribution in [2.24, 2.45) is 28.0 Å². The van der Waals surface area contributed by atoms with E-state index in [1.54, 1.807) is 22.8 Å². The van der Waals surface area contributed by atoms with Crippen molar-refractivity contribution < 1.29 is 14.6 Å². The second-order valence-corrected chi connectivity index (χ2v) is 10.0. The first-order valence-electron chi connectivity index (χ1n) is 12.5. The van der Waals surface area contributed by atoms with Crippen molar-refractivity contribution in [3.8, 4) is 11.6 Å². The Balaban J connectivity index is 1.61. The van der Waals surface area contributed by atoms with Gasteiger partial charge in [-0.15, -0.1) is 10.2 Å². The highest BCUT2D eigenvalue weighted by molar-refractivity contribution is 5.94. The topological polar surface area (TPSA) is 76.2 Å². The molecule has 1 N–H and O–H groups in total. The summed E-state index contributed by atoms with van der Waals surface area (Å²) >= 11 is 0. The number of esters is 1. The summed E-state index contributed by atoms with van der Waals surface area (Å²) in [5.74, 6) is 1.01. The molecule has 6 nitrogen and oxygen atoms in total. The highest BCUT2D eigenvalue weighted by Gasteiger charge is 2.34. The van der Waals surface area contributed by atoms with Crippen LogP contribution < -0.4 is 0 Å². The summed E-state index contributed by atoms with van der Waals surface area (Å²) in [6.45, 7) is 10.4. The van der Waals surface area contributed by atoms with Gasteiger partial charge in [0.15, 0.2) is 5.69 Å². The standard InChI is InChI=1S/C29H35N3O3/c1-18(2)23-16-15-19(3)17-26(23)35-29(34)24-13-9-10-14-25(24)30-31-27-20(4)21(5)32(28(27)33)22-11-7-6-8-12-22/h6-14,18-19,23,26,33H,15-17H2,1-5H3. The van der Waals surface area contributed by atoms with Gasteiger partial charge in [0.2, 0.25) is 5.88 Å². The van der Waals surface area contributed by atoms with E-state index in [-0.39, 0.29) is 18.0 Å². The number of benzene rings is 2. The summed E-state index contributed by atoms with van der Waals surface area (Å²) in [4.78, 5) is 13.2. The van der Waals surface area contributed by atoms with Crippen LogP contribution in [0.2, 0.25) is 0 Å². The fourth-order valence-electron chi connectivity index (χ4n) is 5.07. The van der Waals surface area contributed by atoms with Crippen molar-refractivity contribution in [1.29, 1.82) is 0 Å². The number of carbonyl (C=O) groups is 1. The summed E-state index contributed by atoms with van der Waals surface area (Å²) in [7, 11) is 0. The van der Waals surface area contributed by atoms with Gasteiger partial charge in [-0.05, 0) is 68.7 Å². The van der Waals surface area contributed by atoms with E-state index in [4.69, 9.17) is 4.74 Å². The maximum atomic E-state index is 13.2. The van der Waals surface area contributed by atoms with Gasteiger partial charge in [-0.2, -0.15) is 0 Å². The molecule has 3 unspecified atom stereocenters. The lowest BCUT2D eigenvalue weighted by molar-refractivity contribution is -0.0173. The van der Waals surface area contributed by atoms with Crippen molar-refractivity contribution in [3.05, 3.63) is 71.4 Å². The Labute approximate surface area is 207 Å². The van der Waals surface area contributed by atoms with Crippen molar-refractivity contribution >= 4 is 17.3 Å². The molecule has 3 atom stereocenters. The molecule has 0 radical (unpaired) electrons. The summed E-state index contributed by atoms with van der Waals surface area (Å²) < 4.78 is 7.80. The van der Waals surface area contributed by atoms with Crippen LogP contribution in [0.4, 0.5) is 11.4 Å². The molecule has 0 saturated heterocycles. The van der Waals surface area contributed by atoms with E-state index < -0.39 is 0 Å². The number of ether oxygens (including phenoxy) is 1. The summed E-state index contributed by atoms with van der Waals surface area (Å²) in [5, 5.41) is 19.7. The fraction of sp³-hybridized carbons (Fsp3) is 0.414. The van der Waals surface area contributed by atoms with E-state index in [9.17, 15) is 9.90 Å². The molecule has 1 aliphatic rings. The molecule has 2 aromatic carbocycles. The second kappa shape index (κ2) is 10.5. The van der Waals surface area contributed by atoms with Gasteiger partial charge in [0.1, 0.15) is 11.8 Å². The molecule has 1 heterocycles. The molecule has 4 rings (SSSR count). The largest absolute Gasteiger partial charge is 0.493 e. The van der Waals surface area contributed by atoms with Gasteiger partial charge in [0, 0.05) is 16.9 Å². The highest BCUT2D eigenvalue weighted by Crippen LogP contribution is 2.40. The Morgan fingerprint density at radius 3 is 2.43 bits per heavy atom. The lowest BCUT2D eigenvalue weighted by Crippen LogP contribution is -2.35. The Bertz CT molecular complexity index is 1210. The van der Waals surface area contributed by atoms with Crippen LogP contribution in [0.25, 0.3) is 5.69 Å². The smallest absolute Gasteiger partial charge is 0.340 e. The van der Waals surface area contributed by atoms with Gasteiger partial charge in [0.05, 0.1) is 5.56 Å². The maximum Gasteiger partial charge on any atom is 0.340 e. The highest BCUT2D eigenvalue weighted by atomic mass is 16.5. The number of aromatic nitrogens is 1. The van der Waals surface area contributed by atoms with Crippen LogP contribution in [-0.4, -0.2) is 21.7 Å². The molecule has 3 aromatic rings. The first kappa shape index (κ1) is 24.7. The lowest BCUT2D eigenvalue weighted by atomic mass is 9.75. The SMILES string of the molecule is Cc1c(N=Nc2ccccc2C(=O)OC2CC(C)CCC2C(C)C)c(O)n(-c2ccccc2)c1C. The Kier molecular flexibility index (Phi) is 7.39. The van der Waals surface area contributed by atoms with Crippen LogP contribution in [0.3, 0.4) is 0 Å². The Morgan fingerprint density at radius 2 is 1.71 bits per heavy atom. The lowest BCUT2D eigenvalue weighted by Gasteiger charge is -2.36. The van der Waals surface area contributed by atoms with E-state index >= 15 is 0 Å². The molecule has 0 aliphatic heterocycles. The number of aromatic hydroxyl groups is 1. The third-order valence-corrected chi connectivity index (χ3v) is 7.27. The van der Waals surface area contributed by atoms with Gasteiger partial charge in [-0.25, -0.2) is 4.79 Å². The predicted molar refractivity (Wildman–Crippen MR) is 138 cm³/mol. The summed E-state index contributed by atoms with van der Waals surface area (Å²) in [5.41, 5.74) is 3.74. The summed E-state index contributed by atoms with van der Waals surface area (Å²) in [6, 6.07) is 16.7. The third kappa shape index (κ3) is 5.16. The second-order valence-electron chi connectivity index (χ2n) is 10.0. The molecule has 6 heteroatoms. The number of rotatable bonds is 6. The molecular weight excluding hydrogens is 438 g/mol. The monoisotopic (exact) mass is 473 g/mol. The number of para-hydroxylation sites is 1. The predicted octanol–water partition coefficient (Wildman–Crippen LogP) is 7.83. The quantitative estimate of drug-likeness (QED) is 0.293. The molecule has 0 amide bonds. The number of hydrogen-bond acceptors (Lipinski definition) is 5. The average Bonchev–Trinajstić information content (AvgIpc) is 3.05. The van der Waals surface area contributed by atoms with Crippen LogP contribution in [-0.2, 0) is 4.74 Å². The molecular formula is C29H35N3O3. The van der Waals surface area contributed by atoms with Crippen molar-refractivity contribution in [1.82, 2.24) is 4.57 Å². The van der Waals surface area contributed by atoms with E-state index in [1.165, 1.54) is 6.42 Å². The number of carbonyl (C=O) groups excluding carboxylic acids is 1. The molecule has 1 aromatic heterocycles. The first-order chi connectivity index (χ1) is 16.8. The number of azo groups is 1. The van der Waals surface area contributed by atoms with E-state index in [2.05, 4.69) is 31.0 Å². The van der Waals surface area contributed by atoms with Gasteiger partial charge in [0.25, 0.3) is 0 Å². The van der Waals surface area contributed by atoms with E-state index in [0.29, 0.717) is 34.7 Å². The minimum absolute atomic E-state index is 0.0194. The molecule has 0 spiro atoms. The number of hydrogen-bond donors (Lipinski definition) is 1. The molecule has 1 aliphatic carbocycles. The average molecular weight is 474 g/mol. The molecule has 1 saturated carbocycles. The normalized spacial score (nSPS) is 20.5. The molecule has 0 bridgehead atoms. The first-order valence-corrected chi connectivity index (χ1v) is 12.5. The van der Waals surface area contributed by atoms with Crippen molar-refractivity contribution in [2.45, 2.75) is 60.0 Å². The van der Waals surface area contributed by atoms with Crippen LogP contribution in [0, 0.1) is 31.6 Å². The van der Waals surface area contributed by atoms with Crippen molar-refractivity contribution in [2.75, 3.05) is 0 Å². The van der Waals surface area contributed by atoms with Crippen LogP contribution in [0.15, 0.2) is 64.8 Å². The van der Waals surface area contributed by atoms with Crippen LogP contribution in [0.1, 0.15) is 61.6 Å². The van der Waals surface area contributed by atoms with Gasteiger partial charge in [-0.1, -0.05) is 57.5 Å². The summed E-state index contributed by atoms with van der Waals surface area (Å²) in [6.07, 6.45) is 3.05. The van der Waals surface area contributed by atoms with Gasteiger partial charge < -0.3 is 9.84 Å². The van der Waals surface area contributed by atoms with Gasteiger partial charge in [-0.3, -0.25) is 4.57 Å². The minimum atomic E-state index is -0.372.